The van der Waals surface area contributed by atoms with Crippen LogP contribution in [-0.4, -0.2) is 44.9 Å². The molecule has 0 unspecified atom stereocenters. The van der Waals surface area contributed by atoms with Crippen LogP contribution in [0.15, 0.2) is 47.6 Å². The Hall–Kier alpha value is -3.17. The van der Waals surface area contributed by atoms with Crippen molar-refractivity contribution >= 4 is 63.0 Å². The summed E-state index contributed by atoms with van der Waals surface area (Å²) in [5.41, 5.74) is 2.70. The molecule has 0 saturated heterocycles. The Morgan fingerprint density at radius 1 is 1.21 bits per heavy atom. The summed E-state index contributed by atoms with van der Waals surface area (Å²) in [7, 11) is 1.29. The van der Waals surface area contributed by atoms with Gasteiger partial charge in [-0.15, -0.1) is 10.2 Å². The van der Waals surface area contributed by atoms with Gasteiger partial charge in [-0.2, -0.15) is 0 Å². The van der Waals surface area contributed by atoms with Crippen molar-refractivity contribution in [3.8, 4) is 0 Å². The second kappa shape index (κ2) is 8.06. The van der Waals surface area contributed by atoms with E-state index in [9.17, 15) is 9.59 Å². The van der Waals surface area contributed by atoms with Gasteiger partial charge in [-0.05, 0) is 30.3 Å². The number of esters is 1. The number of methoxy groups -OCH3 is 1. The molecule has 2 heterocycles. The van der Waals surface area contributed by atoms with E-state index in [1.165, 1.54) is 7.11 Å². The number of hydrogen-bond donors (Lipinski definition) is 2. The van der Waals surface area contributed by atoms with E-state index < -0.39 is 5.97 Å². The van der Waals surface area contributed by atoms with Crippen molar-refractivity contribution < 1.29 is 14.3 Å². The number of halogens is 1. The number of H-pyrrole nitrogens is 1. The second-order valence-electron chi connectivity index (χ2n) is 5.98. The molecular weight excluding hydrogens is 414 g/mol. The van der Waals surface area contributed by atoms with Gasteiger partial charge in [-0.3, -0.25) is 4.79 Å². The number of rotatable bonds is 5. The van der Waals surface area contributed by atoms with Gasteiger partial charge in [0.15, 0.2) is 5.65 Å². The fourth-order valence-electron chi connectivity index (χ4n) is 2.79. The number of ether oxygens (including phenoxy) is 1. The number of nitrogens with one attached hydrogen (secondary N) is 2. The molecule has 2 aromatic carbocycles. The quantitative estimate of drug-likeness (QED) is 0.369. The van der Waals surface area contributed by atoms with Gasteiger partial charge in [0.25, 0.3) is 0 Å². The predicted molar refractivity (Wildman–Crippen MR) is 111 cm³/mol. The van der Waals surface area contributed by atoms with Crippen LogP contribution in [-0.2, 0) is 9.53 Å². The number of thioether (sulfide) groups is 1. The Kier molecular flexibility index (Phi) is 5.32. The Bertz CT molecular complexity index is 1240. The monoisotopic (exact) mass is 427 g/mol. The summed E-state index contributed by atoms with van der Waals surface area (Å²) in [6.07, 6.45) is 0. The van der Waals surface area contributed by atoms with Crippen LogP contribution in [0.1, 0.15) is 10.4 Å². The van der Waals surface area contributed by atoms with Crippen molar-refractivity contribution in [3.05, 3.63) is 53.1 Å². The van der Waals surface area contributed by atoms with Crippen molar-refractivity contribution in [1.82, 2.24) is 20.2 Å². The number of fused-ring (bicyclic) bond motifs is 3. The molecule has 146 valence electrons. The van der Waals surface area contributed by atoms with Crippen LogP contribution < -0.4 is 5.32 Å². The lowest BCUT2D eigenvalue weighted by Gasteiger charge is -2.09. The molecule has 0 bridgehead atoms. The molecule has 1 amide bonds. The van der Waals surface area contributed by atoms with Gasteiger partial charge in [-0.1, -0.05) is 35.5 Å². The number of anilines is 1. The molecule has 2 aromatic heterocycles. The third-order valence-electron chi connectivity index (χ3n) is 4.10. The van der Waals surface area contributed by atoms with Crippen LogP contribution in [0, 0.1) is 0 Å². The van der Waals surface area contributed by atoms with E-state index in [4.69, 9.17) is 16.3 Å². The SMILES string of the molecule is COC(=O)c1ccccc1NC(=O)CSc1nnc2c(n1)[nH]c1ccc(Cl)cc12. The highest BCUT2D eigenvalue weighted by atomic mass is 35.5. The van der Waals surface area contributed by atoms with Crippen LogP contribution in [0.4, 0.5) is 5.69 Å². The average Bonchev–Trinajstić information content (AvgIpc) is 3.09. The minimum absolute atomic E-state index is 0.0503. The molecule has 0 aliphatic carbocycles. The molecule has 0 atom stereocenters. The Morgan fingerprint density at radius 3 is 2.86 bits per heavy atom. The first-order valence-corrected chi connectivity index (χ1v) is 9.83. The number of amides is 1. The number of nitrogens with zero attached hydrogens (tertiary/aromatic N) is 3. The number of para-hydroxylation sites is 1. The summed E-state index contributed by atoms with van der Waals surface area (Å²) in [5.74, 6) is -0.779. The van der Waals surface area contributed by atoms with E-state index >= 15 is 0 Å². The topological polar surface area (TPSA) is 110 Å². The average molecular weight is 428 g/mol. The van der Waals surface area contributed by atoms with E-state index in [1.807, 2.05) is 6.07 Å². The number of aromatic amines is 1. The molecule has 29 heavy (non-hydrogen) atoms. The highest BCUT2D eigenvalue weighted by molar-refractivity contribution is 7.99. The van der Waals surface area contributed by atoms with Crippen molar-refractivity contribution in [3.63, 3.8) is 0 Å². The standard InChI is InChI=1S/C19H14ClN5O3S/c1-28-18(27)11-4-2-3-5-13(11)21-15(26)9-29-19-23-17-16(24-25-19)12-8-10(20)6-7-14(12)22-17/h2-8H,9H2,1H3,(H,21,26)(H,22,23,25). The predicted octanol–water partition coefficient (Wildman–Crippen LogP) is 3.68. The zero-order valence-electron chi connectivity index (χ0n) is 15.1. The third kappa shape index (κ3) is 4.01. The van der Waals surface area contributed by atoms with Crippen LogP contribution in [0.5, 0.6) is 0 Å². The number of hydrogen-bond acceptors (Lipinski definition) is 7. The summed E-state index contributed by atoms with van der Waals surface area (Å²) < 4.78 is 4.73. The fraction of sp³-hybridized carbons (Fsp3) is 0.105. The summed E-state index contributed by atoms with van der Waals surface area (Å²) >= 11 is 7.17. The Labute approximate surface area is 174 Å². The Morgan fingerprint density at radius 2 is 2.03 bits per heavy atom. The number of benzene rings is 2. The number of aromatic nitrogens is 4. The molecular formula is C19H14ClN5O3S. The zero-order chi connectivity index (χ0) is 20.4. The molecule has 0 aliphatic rings. The van der Waals surface area contributed by atoms with E-state index in [0.717, 1.165) is 22.7 Å². The molecule has 0 spiro atoms. The minimum atomic E-state index is -0.523. The van der Waals surface area contributed by atoms with Gasteiger partial charge in [0, 0.05) is 15.9 Å². The maximum absolute atomic E-state index is 12.3. The van der Waals surface area contributed by atoms with Crippen molar-refractivity contribution in [2.75, 3.05) is 18.2 Å². The second-order valence-corrected chi connectivity index (χ2v) is 7.36. The zero-order valence-corrected chi connectivity index (χ0v) is 16.7. The first kappa shape index (κ1) is 19.2. The maximum Gasteiger partial charge on any atom is 0.339 e. The van der Waals surface area contributed by atoms with Gasteiger partial charge in [0.1, 0.15) is 5.52 Å². The molecule has 4 rings (SSSR count). The smallest absolute Gasteiger partial charge is 0.339 e. The lowest BCUT2D eigenvalue weighted by Crippen LogP contribution is -2.17. The van der Waals surface area contributed by atoms with Gasteiger partial charge in [0.2, 0.25) is 11.1 Å². The number of carbonyl (C=O) groups excluding carboxylic acids is 2. The van der Waals surface area contributed by atoms with Crippen molar-refractivity contribution in [2.45, 2.75) is 5.16 Å². The summed E-state index contributed by atoms with van der Waals surface area (Å²) in [5, 5.41) is 12.8. The van der Waals surface area contributed by atoms with Crippen molar-refractivity contribution in [1.29, 1.82) is 0 Å². The molecule has 8 nitrogen and oxygen atoms in total. The first-order chi connectivity index (χ1) is 14.0. The fourth-order valence-corrected chi connectivity index (χ4v) is 3.55. The molecule has 0 fully saturated rings. The van der Waals surface area contributed by atoms with Gasteiger partial charge < -0.3 is 15.0 Å². The number of carbonyl (C=O) groups is 2. The van der Waals surface area contributed by atoms with E-state index in [0.29, 0.717) is 27.0 Å². The third-order valence-corrected chi connectivity index (χ3v) is 5.17. The molecule has 0 radical (unpaired) electrons. The molecule has 10 heteroatoms. The normalized spacial score (nSPS) is 11.0. The Balaban J connectivity index is 1.48. The maximum atomic E-state index is 12.3. The lowest BCUT2D eigenvalue weighted by atomic mass is 10.2. The molecule has 2 N–H and O–H groups in total. The lowest BCUT2D eigenvalue weighted by molar-refractivity contribution is -0.113. The van der Waals surface area contributed by atoms with Crippen molar-refractivity contribution in [2.24, 2.45) is 0 Å². The minimum Gasteiger partial charge on any atom is -0.465 e. The molecule has 0 aliphatic heterocycles. The highest BCUT2D eigenvalue weighted by Crippen LogP contribution is 2.26. The van der Waals surface area contributed by atoms with Crippen LogP contribution >= 0.6 is 23.4 Å². The summed E-state index contributed by atoms with van der Waals surface area (Å²) in [4.78, 5) is 31.7. The van der Waals surface area contributed by atoms with Gasteiger partial charge in [-0.25, -0.2) is 9.78 Å². The van der Waals surface area contributed by atoms with Gasteiger partial charge in [0.05, 0.1) is 24.1 Å². The van der Waals surface area contributed by atoms with E-state index in [1.54, 1.807) is 36.4 Å². The van der Waals surface area contributed by atoms with Crippen LogP contribution in [0.25, 0.3) is 22.1 Å². The van der Waals surface area contributed by atoms with Crippen LogP contribution in [0.2, 0.25) is 5.02 Å². The van der Waals surface area contributed by atoms with Gasteiger partial charge >= 0.3 is 5.97 Å². The molecule has 4 aromatic rings. The van der Waals surface area contributed by atoms with E-state index in [2.05, 4.69) is 25.5 Å². The summed E-state index contributed by atoms with van der Waals surface area (Å²) in [6, 6.07) is 12.0. The largest absolute Gasteiger partial charge is 0.465 e. The first-order valence-electron chi connectivity index (χ1n) is 8.47. The highest BCUT2D eigenvalue weighted by Gasteiger charge is 2.15. The molecule has 0 saturated carbocycles. The van der Waals surface area contributed by atoms with E-state index in [-0.39, 0.29) is 17.2 Å². The summed E-state index contributed by atoms with van der Waals surface area (Å²) in [6.45, 7) is 0. The van der Waals surface area contributed by atoms with Crippen LogP contribution in [0.3, 0.4) is 0 Å².